The number of hydrogen-bond acceptors (Lipinski definition) is 0. The molecule has 0 spiro atoms. The molecule has 1 aliphatic carbocycles. The van der Waals surface area contributed by atoms with E-state index in [1.807, 2.05) is 0 Å². The fourth-order valence-corrected chi connectivity index (χ4v) is 3.68. The first-order valence-corrected chi connectivity index (χ1v) is 8.60. The van der Waals surface area contributed by atoms with E-state index in [2.05, 4.69) is 20.8 Å². The van der Waals surface area contributed by atoms with Crippen LogP contribution in [0.2, 0.25) is 0 Å². The van der Waals surface area contributed by atoms with Gasteiger partial charge in [-0.15, -0.1) is 0 Å². The van der Waals surface area contributed by atoms with Gasteiger partial charge in [0.1, 0.15) is 6.17 Å². The van der Waals surface area contributed by atoms with E-state index in [0.717, 1.165) is 11.8 Å². The van der Waals surface area contributed by atoms with E-state index in [4.69, 9.17) is 0 Å². The Morgan fingerprint density at radius 3 is 2.26 bits per heavy atom. The molecule has 0 nitrogen and oxygen atoms in total. The minimum absolute atomic E-state index is 0.526. The van der Waals surface area contributed by atoms with Crippen LogP contribution in [0.3, 0.4) is 0 Å². The summed E-state index contributed by atoms with van der Waals surface area (Å²) in [7, 11) is 0. The number of rotatable bonds is 9. The predicted octanol–water partition coefficient (Wildman–Crippen LogP) is 6.35. The van der Waals surface area contributed by atoms with E-state index >= 15 is 0 Å². The van der Waals surface area contributed by atoms with Crippen molar-refractivity contribution in [2.45, 2.75) is 90.6 Å². The monoisotopic (exact) mass is 269 g/mol. The normalized spacial score (nSPS) is 27.2. The van der Waals surface area contributed by atoms with Crippen LogP contribution in [0.1, 0.15) is 84.5 Å². The third-order valence-corrected chi connectivity index (χ3v) is 5.04. The molecule has 1 fully saturated rings. The highest BCUT2D eigenvalue weighted by Crippen LogP contribution is 2.37. The highest BCUT2D eigenvalue weighted by atomic mass is 19.1. The zero-order chi connectivity index (χ0) is 14.1. The molecule has 0 heterocycles. The molecule has 1 heteroatoms. The topological polar surface area (TPSA) is 0 Å². The van der Waals surface area contributed by atoms with Gasteiger partial charge >= 0.3 is 0 Å². The molecule has 19 heavy (non-hydrogen) atoms. The Kier molecular flexibility index (Phi) is 8.74. The van der Waals surface area contributed by atoms with Gasteiger partial charge in [0.05, 0.1) is 0 Å². The molecule has 0 aliphatic heterocycles. The fraction of sp³-hybridized carbons (Fsp3) is 0.944. The standard InChI is InChI=1S/C18H34F/c1-4-5-6-7-8-9-17-10-12-18(13-11-17)15(2)14-16(3)19/h15-18H,3-14H2,1-2H3/t15?,16?,17-,18-. The van der Waals surface area contributed by atoms with Gasteiger partial charge in [0, 0.05) is 0 Å². The molecule has 113 valence electrons. The molecule has 0 aromatic rings. The third-order valence-electron chi connectivity index (χ3n) is 5.04. The Bertz CT molecular complexity index is 204. The van der Waals surface area contributed by atoms with Crippen molar-refractivity contribution in [3.63, 3.8) is 0 Å². The van der Waals surface area contributed by atoms with Crippen LogP contribution in [0.5, 0.6) is 0 Å². The third kappa shape index (κ3) is 7.32. The van der Waals surface area contributed by atoms with Gasteiger partial charge in [0.2, 0.25) is 0 Å². The van der Waals surface area contributed by atoms with Gasteiger partial charge in [-0.25, -0.2) is 4.39 Å². The van der Waals surface area contributed by atoms with Gasteiger partial charge < -0.3 is 0 Å². The molecule has 0 N–H and O–H groups in total. The first kappa shape index (κ1) is 17.0. The Morgan fingerprint density at radius 2 is 1.68 bits per heavy atom. The molecule has 0 amide bonds. The van der Waals surface area contributed by atoms with Gasteiger partial charge in [0.25, 0.3) is 0 Å². The molecule has 2 unspecified atom stereocenters. The maximum atomic E-state index is 12.9. The number of alkyl halides is 1. The first-order valence-electron chi connectivity index (χ1n) is 8.60. The van der Waals surface area contributed by atoms with Crippen molar-refractivity contribution >= 4 is 0 Å². The number of unbranched alkanes of at least 4 members (excludes halogenated alkanes) is 4. The molecular formula is C18H34F. The highest BCUT2D eigenvalue weighted by molar-refractivity contribution is 4.78. The second kappa shape index (κ2) is 9.77. The van der Waals surface area contributed by atoms with Gasteiger partial charge in [-0.3, -0.25) is 0 Å². The van der Waals surface area contributed by atoms with Crippen molar-refractivity contribution in [3.8, 4) is 0 Å². The van der Waals surface area contributed by atoms with Crippen LogP contribution < -0.4 is 0 Å². The van der Waals surface area contributed by atoms with E-state index < -0.39 is 6.17 Å². The lowest BCUT2D eigenvalue weighted by atomic mass is 9.74. The number of hydrogen-bond donors (Lipinski definition) is 0. The summed E-state index contributed by atoms with van der Waals surface area (Å²) in [6.07, 6.45) is 13.7. The lowest BCUT2D eigenvalue weighted by molar-refractivity contribution is 0.178. The van der Waals surface area contributed by atoms with Crippen molar-refractivity contribution in [1.29, 1.82) is 0 Å². The van der Waals surface area contributed by atoms with Crippen LogP contribution in [-0.2, 0) is 0 Å². The zero-order valence-electron chi connectivity index (χ0n) is 13.2. The van der Waals surface area contributed by atoms with Crippen molar-refractivity contribution in [1.82, 2.24) is 0 Å². The molecule has 0 bridgehead atoms. The molecule has 0 aromatic heterocycles. The Labute approximate surface area is 120 Å². The van der Waals surface area contributed by atoms with Gasteiger partial charge in [0.15, 0.2) is 0 Å². The van der Waals surface area contributed by atoms with Crippen molar-refractivity contribution < 1.29 is 4.39 Å². The van der Waals surface area contributed by atoms with Crippen LogP contribution in [0.4, 0.5) is 4.39 Å². The summed E-state index contributed by atoms with van der Waals surface area (Å²) in [6, 6.07) is 0. The minimum atomic E-state index is -0.869. The van der Waals surface area contributed by atoms with Gasteiger partial charge in [-0.1, -0.05) is 65.2 Å². The number of halogens is 1. The first-order chi connectivity index (χ1) is 9.13. The zero-order valence-corrected chi connectivity index (χ0v) is 13.2. The van der Waals surface area contributed by atoms with Gasteiger partial charge in [-0.2, -0.15) is 0 Å². The Hall–Kier alpha value is -0.0700. The van der Waals surface area contributed by atoms with Crippen molar-refractivity contribution in [2.75, 3.05) is 0 Å². The molecule has 1 aliphatic rings. The average molecular weight is 269 g/mol. The van der Waals surface area contributed by atoms with Gasteiger partial charge in [-0.05, 0) is 43.9 Å². The Morgan fingerprint density at radius 1 is 1.05 bits per heavy atom. The molecular weight excluding hydrogens is 235 g/mol. The quantitative estimate of drug-likeness (QED) is 0.428. The van der Waals surface area contributed by atoms with Crippen molar-refractivity contribution in [2.24, 2.45) is 17.8 Å². The summed E-state index contributed by atoms with van der Waals surface area (Å²) >= 11 is 0. The van der Waals surface area contributed by atoms with Crippen LogP contribution in [-0.4, -0.2) is 6.17 Å². The summed E-state index contributed by atoms with van der Waals surface area (Å²) in [5, 5.41) is 0. The minimum Gasteiger partial charge on any atom is -0.247 e. The van der Waals surface area contributed by atoms with Crippen LogP contribution in [0.15, 0.2) is 0 Å². The van der Waals surface area contributed by atoms with Crippen LogP contribution >= 0.6 is 0 Å². The molecule has 1 rings (SSSR count). The highest BCUT2D eigenvalue weighted by Gasteiger charge is 2.25. The van der Waals surface area contributed by atoms with E-state index in [0.29, 0.717) is 12.3 Å². The molecule has 0 aromatic carbocycles. The Balaban J connectivity index is 2.08. The molecule has 1 radical (unpaired) electrons. The van der Waals surface area contributed by atoms with Crippen LogP contribution in [0.25, 0.3) is 0 Å². The molecule has 1 saturated carbocycles. The van der Waals surface area contributed by atoms with Crippen LogP contribution in [0, 0.1) is 24.7 Å². The SMILES string of the molecule is [CH2]C(F)CC(C)[C@H]1CC[C@H](CCCCCCC)CC1. The summed E-state index contributed by atoms with van der Waals surface area (Å²) in [4.78, 5) is 0. The lowest BCUT2D eigenvalue weighted by Crippen LogP contribution is -2.21. The molecule has 0 saturated heterocycles. The maximum absolute atomic E-state index is 12.9. The van der Waals surface area contributed by atoms with Crippen molar-refractivity contribution in [3.05, 3.63) is 6.92 Å². The smallest absolute Gasteiger partial charge is 0.100 e. The van der Waals surface area contributed by atoms with E-state index in [9.17, 15) is 4.39 Å². The summed E-state index contributed by atoms with van der Waals surface area (Å²) < 4.78 is 12.9. The second-order valence-corrected chi connectivity index (χ2v) is 6.79. The maximum Gasteiger partial charge on any atom is 0.100 e. The second-order valence-electron chi connectivity index (χ2n) is 6.79. The lowest BCUT2D eigenvalue weighted by Gasteiger charge is -2.32. The fourth-order valence-electron chi connectivity index (χ4n) is 3.68. The van der Waals surface area contributed by atoms with E-state index in [1.165, 1.54) is 64.2 Å². The summed E-state index contributed by atoms with van der Waals surface area (Å²) in [6.45, 7) is 7.98. The average Bonchev–Trinajstić information content (AvgIpc) is 2.38. The molecule has 2 atom stereocenters. The largest absolute Gasteiger partial charge is 0.247 e. The van der Waals surface area contributed by atoms with E-state index in [-0.39, 0.29) is 0 Å². The predicted molar refractivity (Wildman–Crippen MR) is 82.9 cm³/mol. The van der Waals surface area contributed by atoms with E-state index in [1.54, 1.807) is 0 Å². The summed E-state index contributed by atoms with van der Waals surface area (Å²) in [5.41, 5.74) is 0. The summed E-state index contributed by atoms with van der Waals surface area (Å²) in [5.74, 6) is 2.25.